The average Bonchev–Trinajstić information content (AvgIpc) is 2.25. The Morgan fingerprint density at radius 1 is 1.07 bits per heavy atom. The zero-order valence-corrected chi connectivity index (χ0v) is 8.84. The van der Waals surface area contributed by atoms with Crippen molar-refractivity contribution in [2.45, 2.75) is 39.0 Å². The van der Waals surface area contributed by atoms with E-state index < -0.39 is 0 Å². The molecule has 1 aromatic rings. The van der Waals surface area contributed by atoms with Crippen LogP contribution < -0.4 is 0 Å². The molecule has 14 heavy (non-hydrogen) atoms. The van der Waals surface area contributed by atoms with Gasteiger partial charge in [0.1, 0.15) is 0 Å². The van der Waals surface area contributed by atoms with E-state index >= 15 is 0 Å². The molecule has 0 N–H and O–H groups in total. The van der Waals surface area contributed by atoms with Gasteiger partial charge in [0.05, 0.1) is 0 Å². The summed E-state index contributed by atoms with van der Waals surface area (Å²) in [6.45, 7) is 2.22. The number of hydrogen-bond acceptors (Lipinski definition) is 0. The van der Waals surface area contributed by atoms with E-state index in [9.17, 15) is 0 Å². The lowest BCUT2D eigenvalue weighted by molar-refractivity contribution is 0.794. The van der Waals surface area contributed by atoms with Crippen molar-refractivity contribution in [3.63, 3.8) is 0 Å². The van der Waals surface area contributed by atoms with Crippen LogP contribution in [0.4, 0.5) is 0 Å². The highest BCUT2D eigenvalue weighted by atomic mass is 14.0. The van der Waals surface area contributed by atoms with Gasteiger partial charge < -0.3 is 0 Å². The van der Waals surface area contributed by atoms with E-state index in [4.69, 9.17) is 6.42 Å². The third kappa shape index (κ3) is 3.66. The Balaban J connectivity index is 2.47. The molecule has 0 heterocycles. The fourth-order valence-electron chi connectivity index (χ4n) is 1.46. The van der Waals surface area contributed by atoms with E-state index in [1.165, 1.54) is 30.4 Å². The van der Waals surface area contributed by atoms with Crippen LogP contribution in [0.1, 0.15) is 37.3 Å². The molecule has 0 aliphatic carbocycles. The van der Waals surface area contributed by atoms with Gasteiger partial charge >= 0.3 is 0 Å². The van der Waals surface area contributed by atoms with Crippen molar-refractivity contribution in [3.05, 3.63) is 41.8 Å². The van der Waals surface area contributed by atoms with Crippen LogP contribution in [0.3, 0.4) is 0 Å². The average molecular weight is 185 g/mol. The first-order chi connectivity index (χ1) is 6.86. The molecule has 73 valence electrons. The van der Waals surface area contributed by atoms with E-state index in [-0.39, 0.29) is 0 Å². The van der Waals surface area contributed by atoms with Crippen LogP contribution in [0.5, 0.6) is 0 Å². The molecule has 0 fully saturated rings. The van der Waals surface area contributed by atoms with Gasteiger partial charge in [-0.1, -0.05) is 43.5 Å². The molecule has 1 radical (unpaired) electrons. The summed E-state index contributed by atoms with van der Waals surface area (Å²) in [4.78, 5) is 0. The fraction of sp³-hybridized carbons (Fsp3) is 0.429. The Hall–Kier alpha value is -1.22. The minimum absolute atomic E-state index is 0.730. The Morgan fingerprint density at radius 2 is 1.64 bits per heavy atom. The summed E-state index contributed by atoms with van der Waals surface area (Å²) in [5, 5.41) is 0. The first-order valence-corrected chi connectivity index (χ1v) is 5.34. The van der Waals surface area contributed by atoms with Crippen LogP contribution >= 0.6 is 0 Å². The summed E-state index contributed by atoms with van der Waals surface area (Å²) in [5.41, 5.74) is 2.74. The summed E-state index contributed by atoms with van der Waals surface area (Å²) >= 11 is 0. The largest absolute Gasteiger partial charge is 0.0888 e. The Bertz CT molecular complexity index is 287. The molecule has 0 bridgehead atoms. The fourth-order valence-corrected chi connectivity index (χ4v) is 1.46. The normalized spacial score (nSPS) is 9.71. The van der Waals surface area contributed by atoms with Crippen molar-refractivity contribution in [2.75, 3.05) is 0 Å². The van der Waals surface area contributed by atoms with Crippen LogP contribution in [0.2, 0.25) is 0 Å². The lowest BCUT2D eigenvalue weighted by Gasteiger charge is -2.01. The van der Waals surface area contributed by atoms with Crippen molar-refractivity contribution in [1.82, 2.24) is 0 Å². The second-order valence-corrected chi connectivity index (χ2v) is 3.60. The van der Waals surface area contributed by atoms with Gasteiger partial charge in [0.25, 0.3) is 0 Å². The molecule has 0 unspecified atom stereocenters. The van der Waals surface area contributed by atoms with Crippen LogP contribution in [0.25, 0.3) is 0 Å². The quantitative estimate of drug-likeness (QED) is 0.615. The summed E-state index contributed by atoms with van der Waals surface area (Å²) in [7, 11) is 0. The van der Waals surface area contributed by atoms with Crippen molar-refractivity contribution in [1.29, 1.82) is 0 Å². The number of hydrogen-bond donors (Lipinski definition) is 0. The third-order valence-electron chi connectivity index (χ3n) is 2.38. The molecule has 1 rings (SSSR count). The highest BCUT2D eigenvalue weighted by molar-refractivity contribution is 5.23. The van der Waals surface area contributed by atoms with Gasteiger partial charge in [-0.3, -0.25) is 0 Å². The topological polar surface area (TPSA) is 0 Å². The number of aryl methyl sites for hydroxylation is 2. The number of unbranched alkanes of at least 4 members (excludes halogenated alkanes) is 1. The Kier molecular flexibility index (Phi) is 4.86. The highest BCUT2D eigenvalue weighted by Crippen LogP contribution is 2.09. The molecule has 0 spiro atoms. The maximum atomic E-state index is 6.84. The molecule has 1 aromatic carbocycles. The maximum Gasteiger partial charge on any atom is 0.0139 e. The second-order valence-electron chi connectivity index (χ2n) is 3.60. The SMILES string of the molecule is [C]#CCCc1ccc(CCCC)cc1. The van der Waals surface area contributed by atoms with Gasteiger partial charge in [-0.2, -0.15) is 0 Å². The third-order valence-corrected chi connectivity index (χ3v) is 2.38. The molecule has 0 saturated carbocycles. The van der Waals surface area contributed by atoms with Gasteiger partial charge in [-0.15, -0.1) is 0 Å². The predicted octanol–water partition coefficient (Wildman–Crippen LogP) is 3.55. The highest BCUT2D eigenvalue weighted by Gasteiger charge is 1.94. The monoisotopic (exact) mass is 185 g/mol. The minimum atomic E-state index is 0.730. The lowest BCUT2D eigenvalue weighted by Crippen LogP contribution is -1.87. The van der Waals surface area contributed by atoms with Crippen molar-refractivity contribution in [3.8, 4) is 5.92 Å². The molecule has 0 aliphatic heterocycles. The number of rotatable bonds is 5. The van der Waals surface area contributed by atoms with Crippen LogP contribution in [-0.4, -0.2) is 0 Å². The van der Waals surface area contributed by atoms with E-state index in [1.54, 1.807) is 0 Å². The Morgan fingerprint density at radius 3 is 2.14 bits per heavy atom. The molecule has 0 atom stereocenters. The molecular formula is C14H17. The van der Waals surface area contributed by atoms with Gasteiger partial charge in [0.2, 0.25) is 0 Å². The van der Waals surface area contributed by atoms with Gasteiger partial charge in [-0.05, 0) is 36.8 Å². The number of benzene rings is 1. The summed E-state index contributed by atoms with van der Waals surface area (Å²) in [5.74, 6) is 2.42. The van der Waals surface area contributed by atoms with Crippen LogP contribution in [0, 0.1) is 12.3 Å². The predicted molar refractivity (Wildman–Crippen MR) is 60.5 cm³/mol. The molecule has 0 heteroatoms. The van der Waals surface area contributed by atoms with Crippen molar-refractivity contribution in [2.24, 2.45) is 0 Å². The van der Waals surface area contributed by atoms with E-state index in [0.29, 0.717) is 0 Å². The van der Waals surface area contributed by atoms with E-state index in [0.717, 1.165) is 12.8 Å². The summed E-state index contributed by atoms with van der Waals surface area (Å²) < 4.78 is 0. The summed E-state index contributed by atoms with van der Waals surface area (Å²) in [6, 6.07) is 8.74. The first-order valence-electron chi connectivity index (χ1n) is 5.34. The first kappa shape index (κ1) is 10.9. The van der Waals surface area contributed by atoms with Crippen molar-refractivity contribution >= 4 is 0 Å². The van der Waals surface area contributed by atoms with Crippen LogP contribution in [-0.2, 0) is 12.8 Å². The maximum absolute atomic E-state index is 6.84. The van der Waals surface area contributed by atoms with Gasteiger partial charge in [0, 0.05) is 6.42 Å². The molecule has 0 nitrogen and oxygen atoms in total. The van der Waals surface area contributed by atoms with E-state index in [1.807, 2.05) is 0 Å². The molecule has 0 saturated heterocycles. The van der Waals surface area contributed by atoms with Gasteiger partial charge in [-0.25, -0.2) is 0 Å². The summed E-state index contributed by atoms with van der Waals surface area (Å²) in [6.07, 6.45) is 12.2. The second kappa shape index (κ2) is 6.27. The van der Waals surface area contributed by atoms with E-state index in [2.05, 4.69) is 37.1 Å². The van der Waals surface area contributed by atoms with Crippen molar-refractivity contribution < 1.29 is 0 Å². The Labute approximate surface area is 87.4 Å². The zero-order chi connectivity index (χ0) is 10.2. The van der Waals surface area contributed by atoms with Crippen LogP contribution in [0.15, 0.2) is 24.3 Å². The standard InChI is InChI=1S/C14H17/c1-3-5-7-13-9-11-14(12-10-13)8-6-4-2/h9-12H,3,5-8H2,1H3. The minimum Gasteiger partial charge on any atom is -0.0888 e. The molecule has 0 aliphatic rings. The smallest absolute Gasteiger partial charge is 0.0139 e. The molecular weight excluding hydrogens is 168 g/mol. The molecule has 0 amide bonds. The lowest BCUT2D eigenvalue weighted by atomic mass is 10.0. The zero-order valence-electron chi connectivity index (χ0n) is 8.84. The molecule has 0 aromatic heterocycles. The van der Waals surface area contributed by atoms with Gasteiger partial charge in [0.15, 0.2) is 0 Å².